The summed E-state index contributed by atoms with van der Waals surface area (Å²) >= 11 is 0. The van der Waals surface area contributed by atoms with Crippen molar-refractivity contribution in [3.8, 4) is 0 Å². The third-order valence-electron chi connectivity index (χ3n) is 5.26. The van der Waals surface area contributed by atoms with Crippen LogP contribution in [0.4, 0.5) is 10.5 Å². The van der Waals surface area contributed by atoms with E-state index in [1.54, 1.807) is 27.7 Å². The molecule has 2 atom stereocenters. The van der Waals surface area contributed by atoms with Crippen LogP contribution < -0.4 is 5.73 Å². The van der Waals surface area contributed by atoms with Gasteiger partial charge >= 0.3 is 6.09 Å². The minimum Gasteiger partial charge on any atom is -0.444 e. The molecule has 0 spiro atoms. The molecule has 1 aromatic rings. The summed E-state index contributed by atoms with van der Waals surface area (Å²) in [6.07, 6.45) is 0.416. The Morgan fingerprint density at radius 2 is 1.89 bits per heavy atom. The van der Waals surface area contributed by atoms with Gasteiger partial charge in [-0.25, -0.2) is 13.2 Å². The Kier molecular flexibility index (Phi) is 8.42. The van der Waals surface area contributed by atoms with E-state index in [2.05, 4.69) is 6.58 Å². The number of nitrogens with two attached hydrogens (primary N) is 1. The monoisotopic (exact) mass is 510 g/mol. The van der Waals surface area contributed by atoms with E-state index in [4.69, 9.17) is 15.3 Å². The molecule has 0 aromatic heterocycles. The number of benzene rings is 1. The molecule has 12 nitrogen and oxygen atoms in total. The van der Waals surface area contributed by atoms with E-state index in [0.717, 1.165) is 17.0 Å². The smallest absolute Gasteiger partial charge is 0.411 e. The van der Waals surface area contributed by atoms with Crippen LogP contribution in [0.25, 0.3) is 0 Å². The van der Waals surface area contributed by atoms with Crippen molar-refractivity contribution in [2.24, 2.45) is 5.73 Å². The molecule has 1 aliphatic heterocycles. The summed E-state index contributed by atoms with van der Waals surface area (Å²) < 4.78 is 33.3. The molecule has 13 heteroatoms. The summed E-state index contributed by atoms with van der Waals surface area (Å²) in [5.74, 6) is -0.828. The molecule has 1 aromatic carbocycles. The maximum Gasteiger partial charge on any atom is 0.411 e. The highest BCUT2D eigenvalue weighted by Crippen LogP contribution is 2.34. The second kappa shape index (κ2) is 10.5. The first-order valence-electron chi connectivity index (χ1n) is 10.6. The fraction of sp³-hybridized carbons (Fsp3) is 0.455. The summed E-state index contributed by atoms with van der Waals surface area (Å²) in [5.41, 5.74) is 4.73. The Morgan fingerprint density at radius 3 is 2.40 bits per heavy atom. The molecule has 0 unspecified atom stereocenters. The number of hydrogen-bond acceptors (Lipinski definition) is 8. The van der Waals surface area contributed by atoms with Crippen molar-refractivity contribution in [2.75, 3.05) is 13.2 Å². The van der Waals surface area contributed by atoms with Gasteiger partial charge in [0.1, 0.15) is 11.6 Å². The van der Waals surface area contributed by atoms with E-state index in [9.17, 15) is 28.1 Å². The molecule has 35 heavy (non-hydrogen) atoms. The number of hydroxylamine groups is 1. The Morgan fingerprint density at radius 1 is 1.29 bits per heavy atom. The molecular weight excluding hydrogens is 480 g/mol. The van der Waals surface area contributed by atoms with Crippen LogP contribution >= 0.6 is 0 Å². The van der Waals surface area contributed by atoms with Crippen LogP contribution in [0.2, 0.25) is 0 Å². The zero-order chi connectivity index (χ0) is 26.7. The van der Waals surface area contributed by atoms with Crippen LogP contribution in [0, 0.1) is 10.1 Å². The lowest BCUT2D eigenvalue weighted by Gasteiger charge is -2.42. The number of hydrogen-bond donors (Lipinski definition) is 1. The molecule has 0 aliphatic carbocycles. The Balaban J connectivity index is 2.68. The molecule has 1 aliphatic rings. The number of nitro benzene ring substituents is 1. The lowest BCUT2D eigenvalue weighted by atomic mass is 9.91. The Labute approximate surface area is 204 Å². The van der Waals surface area contributed by atoms with E-state index in [0.29, 0.717) is 15.6 Å². The van der Waals surface area contributed by atoms with E-state index >= 15 is 0 Å². The Bertz CT molecular complexity index is 1160. The molecule has 0 bridgehead atoms. The van der Waals surface area contributed by atoms with E-state index in [-0.39, 0.29) is 13.2 Å². The molecule has 0 saturated carbocycles. The number of carbonyl (C=O) groups is 2. The molecule has 192 valence electrons. The first kappa shape index (κ1) is 28.0. The summed E-state index contributed by atoms with van der Waals surface area (Å²) in [6.45, 7) is 10.9. The van der Waals surface area contributed by atoms with Gasteiger partial charge in [-0.3, -0.25) is 24.6 Å². The van der Waals surface area contributed by atoms with Crippen LogP contribution in [0.3, 0.4) is 0 Å². The summed E-state index contributed by atoms with van der Waals surface area (Å²) in [4.78, 5) is 41.9. The zero-order valence-corrected chi connectivity index (χ0v) is 21.1. The van der Waals surface area contributed by atoms with E-state index in [1.807, 2.05) is 0 Å². The molecule has 2 amide bonds. The van der Waals surface area contributed by atoms with Gasteiger partial charge in [-0.2, -0.15) is 0 Å². The highest BCUT2D eigenvalue weighted by Gasteiger charge is 2.46. The van der Waals surface area contributed by atoms with Crippen molar-refractivity contribution in [1.82, 2.24) is 9.37 Å². The van der Waals surface area contributed by atoms with Crippen molar-refractivity contribution in [3.05, 3.63) is 58.2 Å². The van der Waals surface area contributed by atoms with Gasteiger partial charge in [0.25, 0.3) is 15.7 Å². The standard InChI is InChI=1S/C22H30N4O8S/c1-7-12-33-26(35(31,32)18-11-9-8-10-16(18)25(29)30)17-13-24(21(28)34-22(4,5)6)19(20(23)27)15(3)14(17)2/h7-11,17,19H,1,12-13H2,2-6H3,(H2,23,27)/t17-,19-/m0/s1. The largest absolute Gasteiger partial charge is 0.444 e. The van der Waals surface area contributed by atoms with Gasteiger partial charge in [0.15, 0.2) is 4.90 Å². The van der Waals surface area contributed by atoms with Gasteiger partial charge in [0, 0.05) is 12.6 Å². The minimum atomic E-state index is -4.63. The number of ether oxygens (including phenoxy) is 1. The molecule has 1 heterocycles. The number of rotatable bonds is 8. The third kappa shape index (κ3) is 6.05. The minimum absolute atomic E-state index is 0.256. The van der Waals surface area contributed by atoms with Crippen LogP contribution in [-0.4, -0.2) is 65.5 Å². The highest BCUT2D eigenvalue weighted by molar-refractivity contribution is 7.89. The van der Waals surface area contributed by atoms with Gasteiger partial charge in [-0.05, 0) is 51.8 Å². The molecule has 0 fully saturated rings. The predicted octanol–water partition coefficient (Wildman–Crippen LogP) is 2.51. The van der Waals surface area contributed by atoms with Gasteiger partial charge in [0.05, 0.1) is 17.6 Å². The van der Waals surface area contributed by atoms with Gasteiger partial charge in [-0.15, -0.1) is 6.58 Å². The highest BCUT2D eigenvalue weighted by atomic mass is 32.2. The maximum atomic E-state index is 13.6. The first-order chi connectivity index (χ1) is 16.1. The molecule has 2 rings (SSSR count). The van der Waals surface area contributed by atoms with Crippen LogP contribution in [0.1, 0.15) is 34.6 Å². The molecule has 0 radical (unpaired) electrons. The number of nitro groups is 1. The van der Waals surface area contributed by atoms with Crippen molar-refractivity contribution in [3.63, 3.8) is 0 Å². The lowest BCUT2D eigenvalue weighted by Crippen LogP contribution is -2.59. The zero-order valence-electron chi connectivity index (χ0n) is 20.3. The number of sulfonamides is 1. The van der Waals surface area contributed by atoms with Crippen molar-refractivity contribution in [1.29, 1.82) is 0 Å². The van der Waals surface area contributed by atoms with Crippen molar-refractivity contribution >= 4 is 27.7 Å². The fourth-order valence-corrected chi connectivity index (χ4v) is 5.22. The second-order valence-corrected chi connectivity index (χ2v) is 10.6. The van der Waals surface area contributed by atoms with E-state index in [1.165, 1.54) is 25.1 Å². The predicted molar refractivity (Wildman–Crippen MR) is 126 cm³/mol. The number of amides is 2. The van der Waals surface area contributed by atoms with Crippen LogP contribution in [0.5, 0.6) is 0 Å². The number of nitrogens with zero attached hydrogens (tertiary/aromatic N) is 3. The quantitative estimate of drug-likeness (QED) is 0.317. The third-order valence-corrected chi connectivity index (χ3v) is 7.00. The van der Waals surface area contributed by atoms with Gasteiger partial charge < -0.3 is 10.5 Å². The van der Waals surface area contributed by atoms with Gasteiger partial charge in [-0.1, -0.05) is 22.7 Å². The second-order valence-electron chi connectivity index (χ2n) is 8.89. The SMILES string of the molecule is C=CCON([C@H]1CN(C(=O)OC(C)(C)C)[C@H](C(N)=O)C(C)=C1C)S(=O)(=O)c1ccccc1[N+](=O)[O-]. The summed E-state index contributed by atoms with van der Waals surface area (Å²) in [6, 6.07) is 2.49. The number of carbonyl (C=O) groups excluding carboxylic acids is 2. The lowest BCUT2D eigenvalue weighted by molar-refractivity contribution is -0.388. The average molecular weight is 511 g/mol. The number of para-hydroxylation sites is 1. The first-order valence-corrected chi connectivity index (χ1v) is 12.0. The summed E-state index contributed by atoms with van der Waals surface area (Å²) in [5, 5.41) is 11.5. The fourth-order valence-electron chi connectivity index (χ4n) is 3.61. The molecule has 0 saturated heterocycles. The van der Waals surface area contributed by atoms with Crippen LogP contribution in [-0.2, 0) is 24.4 Å². The average Bonchev–Trinajstić information content (AvgIpc) is 2.74. The van der Waals surface area contributed by atoms with Crippen molar-refractivity contribution < 1.29 is 32.5 Å². The number of primary amides is 1. The van der Waals surface area contributed by atoms with Crippen molar-refractivity contribution in [2.45, 2.75) is 57.2 Å². The Hall–Kier alpha value is -3.29. The topological polar surface area (TPSA) is 162 Å². The van der Waals surface area contributed by atoms with Gasteiger partial charge in [0.2, 0.25) is 5.91 Å². The summed E-state index contributed by atoms with van der Waals surface area (Å²) in [7, 11) is -4.63. The van der Waals surface area contributed by atoms with E-state index < -0.39 is 55.2 Å². The normalized spacial score (nSPS) is 19.0. The maximum absolute atomic E-state index is 13.6. The van der Waals surface area contributed by atoms with Crippen LogP contribution in [0.15, 0.2) is 53.0 Å². The molecular formula is C22H30N4O8S. The molecule has 2 N–H and O–H groups in total.